The van der Waals surface area contributed by atoms with Crippen molar-refractivity contribution in [2.75, 3.05) is 30.7 Å². The van der Waals surface area contributed by atoms with Crippen LogP contribution in [0.1, 0.15) is 13.8 Å². The largest absolute Gasteiger partial charge is 0.373 e. The number of amides is 2. The summed E-state index contributed by atoms with van der Waals surface area (Å²) in [7, 11) is -3.53. The molecule has 0 saturated carbocycles. The SMILES string of the molecule is C[C@@H]1CN(S(=O)(=O)CCNC(=O)Nc2ccccc2SC(F)F)C[C@H](C)O1. The van der Waals surface area contributed by atoms with E-state index >= 15 is 0 Å². The lowest BCUT2D eigenvalue weighted by Crippen LogP contribution is -2.49. The second kappa shape index (κ2) is 9.67. The first kappa shape index (κ1) is 21.9. The third-order valence-corrected chi connectivity index (χ3v) is 6.37. The fraction of sp³-hybridized carbons (Fsp3) is 0.562. The topological polar surface area (TPSA) is 87.7 Å². The maximum atomic E-state index is 12.6. The number of rotatable bonds is 7. The van der Waals surface area contributed by atoms with Gasteiger partial charge in [0.15, 0.2) is 0 Å². The van der Waals surface area contributed by atoms with Crippen LogP contribution in [-0.2, 0) is 14.8 Å². The molecule has 27 heavy (non-hydrogen) atoms. The van der Waals surface area contributed by atoms with Gasteiger partial charge in [0.1, 0.15) is 0 Å². The number of anilines is 1. The van der Waals surface area contributed by atoms with Gasteiger partial charge in [-0.1, -0.05) is 23.9 Å². The van der Waals surface area contributed by atoms with E-state index in [1.54, 1.807) is 26.0 Å². The molecule has 1 aliphatic heterocycles. The molecule has 2 atom stereocenters. The molecule has 1 heterocycles. The normalized spacial score (nSPS) is 21.2. The minimum absolute atomic E-state index is 0.0988. The molecule has 2 amide bonds. The molecule has 0 bridgehead atoms. The number of nitrogens with zero attached hydrogens (tertiary/aromatic N) is 1. The van der Waals surface area contributed by atoms with Gasteiger partial charge in [-0.3, -0.25) is 0 Å². The molecular formula is C16H23F2N3O4S2. The van der Waals surface area contributed by atoms with E-state index in [4.69, 9.17) is 4.74 Å². The Morgan fingerprint density at radius 1 is 1.30 bits per heavy atom. The number of thioether (sulfide) groups is 1. The van der Waals surface area contributed by atoms with Crippen LogP contribution in [0.5, 0.6) is 0 Å². The molecule has 1 saturated heterocycles. The number of alkyl halides is 2. The molecule has 0 radical (unpaired) electrons. The highest BCUT2D eigenvalue weighted by Crippen LogP contribution is 2.31. The molecule has 0 aliphatic carbocycles. The van der Waals surface area contributed by atoms with Crippen LogP contribution in [0.4, 0.5) is 19.3 Å². The van der Waals surface area contributed by atoms with Gasteiger partial charge in [0.2, 0.25) is 10.0 Å². The minimum atomic E-state index is -3.53. The fourth-order valence-corrected chi connectivity index (χ4v) is 4.80. The van der Waals surface area contributed by atoms with Crippen LogP contribution in [0.3, 0.4) is 0 Å². The fourth-order valence-electron chi connectivity index (χ4n) is 2.72. The lowest BCUT2D eigenvalue weighted by Gasteiger charge is -2.34. The predicted octanol–water partition coefficient (Wildman–Crippen LogP) is 2.56. The Balaban J connectivity index is 1.86. The van der Waals surface area contributed by atoms with Crippen LogP contribution < -0.4 is 10.6 Å². The van der Waals surface area contributed by atoms with Gasteiger partial charge in [0.25, 0.3) is 5.76 Å². The number of hydrogen-bond acceptors (Lipinski definition) is 5. The first-order valence-corrected chi connectivity index (χ1v) is 10.9. The minimum Gasteiger partial charge on any atom is -0.373 e. The van der Waals surface area contributed by atoms with Crippen molar-refractivity contribution in [3.63, 3.8) is 0 Å². The average Bonchev–Trinajstić information content (AvgIpc) is 2.55. The number of ether oxygens (including phenoxy) is 1. The molecule has 0 unspecified atom stereocenters. The molecule has 152 valence electrons. The van der Waals surface area contributed by atoms with Gasteiger partial charge in [-0.2, -0.15) is 13.1 Å². The van der Waals surface area contributed by atoms with E-state index in [0.29, 0.717) is 11.8 Å². The van der Waals surface area contributed by atoms with Gasteiger partial charge in [0, 0.05) is 24.5 Å². The van der Waals surface area contributed by atoms with Crippen molar-refractivity contribution in [2.45, 2.75) is 36.7 Å². The quantitative estimate of drug-likeness (QED) is 0.658. The zero-order valence-corrected chi connectivity index (χ0v) is 16.7. The van der Waals surface area contributed by atoms with Crippen LogP contribution in [0.2, 0.25) is 0 Å². The maximum absolute atomic E-state index is 12.6. The summed E-state index contributed by atoms with van der Waals surface area (Å²) < 4.78 is 56.8. The number of urea groups is 1. The second-order valence-electron chi connectivity index (χ2n) is 6.15. The van der Waals surface area contributed by atoms with Gasteiger partial charge in [-0.05, 0) is 26.0 Å². The van der Waals surface area contributed by atoms with Crippen LogP contribution in [0, 0.1) is 0 Å². The van der Waals surface area contributed by atoms with Crippen LogP contribution >= 0.6 is 11.8 Å². The summed E-state index contributed by atoms with van der Waals surface area (Å²) in [6.07, 6.45) is -0.382. The monoisotopic (exact) mass is 423 g/mol. The summed E-state index contributed by atoms with van der Waals surface area (Å²) in [5.41, 5.74) is 0.235. The number of carbonyl (C=O) groups is 1. The lowest BCUT2D eigenvalue weighted by molar-refractivity contribution is -0.0440. The highest BCUT2D eigenvalue weighted by atomic mass is 32.2. The first-order valence-electron chi connectivity index (χ1n) is 8.39. The third-order valence-electron chi connectivity index (χ3n) is 3.78. The molecule has 1 aliphatic rings. The molecule has 1 aromatic carbocycles. The smallest absolute Gasteiger partial charge is 0.319 e. The highest BCUT2D eigenvalue weighted by Gasteiger charge is 2.30. The van der Waals surface area contributed by atoms with Gasteiger partial charge >= 0.3 is 6.03 Å². The number of hydrogen-bond donors (Lipinski definition) is 2. The molecule has 1 aromatic rings. The Morgan fingerprint density at radius 3 is 2.56 bits per heavy atom. The number of carbonyl (C=O) groups excluding carboxylic acids is 1. The highest BCUT2D eigenvalue weighted by molar-refractivity contribution is 7.99. The Hall–Kier alpha value is -1.43. The van der Waals surface area contributed by atoms with E-state index in [2.05, 4.69) is 10.6 Å². The molecule has 2 rings (SSSR count). The lowest BCUT2D eigenvalue weighted by atomic mass is 10.3. The Labute approximate surface area is 161 Å². The van der Waals surface area contributed by atoms with E-state index in [0.717, 1.165) is 0 Å². The van der Waals surface area contributed by atoms with Gasteiger partial charge in [0.05, 0.1) is 23.6 Å². The van der Waals surface area contributed by atoms with Crippen LogP contribution in [-0.4, -0.2) is 62.1 Å². The summed E-state index contributed by atoms with van der Waals surface area (Å²) >= 11 is 0.324. The Morgan fingerprint density at radius 2 is 1.93 bits per heavy atom. The van der Waals surface area contributed by atoms with Crippen LogP contribution in [0.25, 0.3) is 0 Å². The van der Waals surface area contributed by atoms with E-state index in [1.165, 1.54) is 16.4 Å². The molecule has 1 fully saturated rings. The van der Waals surface area contributed by atoms with Gasteiger partial charge in [-0.25, -0.2) is 13.2 Å². The van der Waals surface area contributed by atoms with E-state index in [9.17, 15) is 22.0 Å². The summed E-state index contributed by atoms with van der Waals surface area (Å²) in [6.45, 7) is 4.06. The van der Waals surface area contributed by atoms with Crippen LogP contribution in [0.15, 0.2) is 29.2 Å². The summed E-state index contributed by atoms with van der Waals surface area (Å²) in [6, 6.07) is 5.51. The average molecular weight is 424 g/mol. The number of sulfonamides is 1. The zero-order chi connectivity index (χ0) is 20.0. The van der Waals surface area contributed by atoms with Crippen molar-refractivity contribution in [2.24, 2.45) is 0 Å². The summed E-state index contributed by atoms with van der Waals surface area (Å²) in [4.78, 5) is 12.2. The van der Waals surface area contributed by atoms with Crippen molar-refractivity contribution in [1.29, 1.82) is 0 Å². The van der Waals surface area contributed by atoms with Crippen molar-refractivity contribution in [3.8, 4) is 0 Å². The standard InChI is InChI=1S/C16H23F2N3O4S2/c1-11-9-21(10-12(2)25-11)27(23,24)8-7-19-16(22)20-13-5-3-4-6-14(13)26-15(17)18/h3-6,11-12,15H,7-10H2,1-2H3,(H2,19,20,22)/t11-,12+. The summed E-state index contributed by atoms with van der Waals surface area (Å²) in [5, 5.41) is 4.91. The molecule has 0 aromatic heterocycles. The van der Waals surface area contributed by atoms with Crippen molar-refractivity contribution in [3.05, 3.63) is 24.3 Å². The number of nitrogens with one attached hydrogen (secondary N) is 2. The third kappa shape index (κ3) is 6.91. The molecule has 2 N–H and O–H groups in total. The van der Waals surface area contributed by atoms with Gasteiger partial charge in [-0.15, -0.1) is 0 Å². The number of para-hydroxylation sites is 1. The number of benzene rings is 1. The van der Waals surface area contributed by atoms with Crippen molar-refractivity contribution in [1.82, 2.24) is 9.62 Å². The van der Waals surface area contributed by atoms with Gasteiger partial charge < -0.3 is 15.4 Å². The second-order valence-corrected chi connectivity index (χ2v) is 9.27. The first-order chi connectivity index (χ1) is 12.7. The maximum Gasteiger partial charge on any atom is 0.319 e. The Bertz CT molecular complexity index is 739. The van der Waals surface area contributed by atoms with Crippen molar-refractivity contribution >= 4 is 33.5 Å². The van der Waals surface area contributed by atoms with Crippen molar-refractivity contribution < 1.29 is 26.7 Å². The molecular weight excluding hydrogens is 400 g/mol. The number of morpholine rings is 1. The predicted molar refractivity (Wildman–Crippen MR) is 101 cm³/mol. The van der Waals surface area contributed by atoms with E-state index < -0.39 is 21.8 Å². The molecule has 11 heteroatoms. The van der Waals surface area contributed by atoms with E-state index in [-0.39, 0.29) is 48.2 Å². The number of halogens is 2. The summed E-state index contributed by atoms with van der Waals surface area (Å²) in [5.74, 6) is -2.87. The molecule has 0 spiro atoms. The van der Waals surface area contributed by atoms with E-state index in [1.807, 2.05) is 0 Å². The zero-order valence-electron chi connectivity index (χ0n) is 15.0. The molecule has 7 nitrogen and oxygen atoms in total. The Kier molecular flexibility index (Phi) is 7.83.